The predicted octanol–water partition coefficient (Wildman–Crippen LogP) is 4.73. The van der Waals surface area contributed by atoms with Gasteiger partial charge in [-0.15, -0.1) is 0 Å². The molecule has 0 atom stereocenters. The number of hydrogen-bond donors (Lipinski definition) is 1. The van der Waals surface area contributed by atoms with Crippen molar-refractivity contribution in [3.05, 3.63) is 48.0 Å². The van der Waals surface area contributed by atoms with Crippen LogP contribution in [-0.2, 0) is 0 Å². The molecule has 2 aromatic carbocycles. The quantitative estimate of drug-likeness (QED) is 0.653. The summed E-state index contributed by atoms with van der Waals surface area (Å²) in [6.45, 7) is -0.368. The van der Waals surface area contributed by atoms with Crippen molar-refractivity contribution in [2.24, 2.45) is 0 Å². The van der Waals surface area contributed by atoms with E-state index in [2.05, 4.69) is 17.0 Å². The Kier molecular flexibility index (Phi) is 7.20. The van der Waals surface area contributed by atoms with Gasteiger partial charge in [0.25, 0.3) is 5.91 Å². The van der Waals surface area contributed by atoms with Gasteiger partial charge in [0.2, 0.25) is 0 Å². The van der Waals surface area contributed by atoms with E-state index >= 15 is 0 Å². The first-order valence-electron chi connectivity index (χ1n) is 8.21. The van der Waals surface area contributed by atoms with Gasteiger partial charge in [-0.25, -0.2) is 0 Å². The molecule has 2 rings (SSSR count). The molecule has 0 unspecified atom stereocenters. The van der Waals surface area contributed by atoms with Gasteiger partial charge in [-0.2, -0.15) is 8.78 Å². The molecule has 0 saturated heterocycles. The highest BCUT2D eigenvalue weighted by atomic mass is 19.3. The van der Waals surface area contributed by atoms with E-state index < -0.39 is 12.5 Å². The van der Waals surface area contributed by atoms with Gasteiger partial charge in [0.1, 0.15) is 5.75 Å². The standard InChI is InChI=1S/C19H21F2NO4/c1-3-4-11-25-16-10-9-13(12-17(16)24-2)18(23)22-14-7-5-6-8-15(14)26-19(20)21/h5-10,12,19H,3-4,11H2,1-2H3,(H,22,23). The number of rotatable bonds is 9. The number of nitrogens with one attached hydrogen (secondary N) is 1. The molecule has 7 heteroatoms. The predicted molar refractivity (Wildman–Crippen MR) is 94.4 cm³/mol. The topological polar surface area (TPSA) is 56.8 Å². The molecule has 0 aromatic heterocycles. The van der Waals surface area contributed by atoms with Crippen molar-refractivity contribution >= 4 is 11.6 Å². The number of carbonyl (C=O) groups excluding carboxylic acids is 1. The third-order valence-electron chi connectivity index (χ3n) is 3.53. The Morgan fingerprint density at radius 2 is 1.88 bits per heavy atom. The average Bonchev–Trinajstić information content (AvgIpc) is 2.63. The van der Waals surface area contributed by atoms with E-state index in [4.69, 9.17) is 9.47 Å². The minimum atomic E-state index is -2.98. The van der Waals surface area contributed by atoms with Gasteiger partial charge >= 0.3 is 6.61 Å². The minimum Gasteiger partial charge on any atom is -0.493 e. The highest BCUT2D eigenvalue weighted by molar-refractivity contribution is 6.05. The number of methoxy groups -OCH3 is 1. The first-order chi connectivity index (χ1) is 12.5. The molecular weight excluding hydrogens is 344 g/mol. The second-order valence-corrected chi connectivity index (χ2v) is 5.40. The number of anilines is 1. The van der Waals surface area contributed by atoms with Gasteiger partial charge in [-0.05, 0) is 36.8 Å². The number of para-hydroxylation sites is 2. The molecule has 0 fully saturated rings. The Hall–Kier alpha value is -2.83. The second kappa shape index (κ2) is 9.60. The lowest BCUT2D eigenvalue weighted by molar-refractivity contribution is -0.0493. The molecule has 1 N–H and O–H groups in total. The summed E-state index contributed by atoms with van der Waals surface area (Å²) in [6, 6.07) is 10.7. The number of ether oxygens (including phenoxy) is 3. The van der Waals surface area contributed by atoms with Crippen molar-refractivity contribution in [3.63, 3.8) is 0 Å². The van der Waals surface area contributed by atoms with Crippen LogP contribution in [0, 0.1) is 0 Å². The molecule has 0 radical (unpaired) electrons. The van der Waals surface area contributed by atoms with Crippen LogP contribution in [0.5, 0.6) is 17.2 Å². The molecular formula is C19H21F2NO4. The fraction of sp³-hybridized carbons (Fsp3) is 0.316. The molecule has 0 bridgehead atoms. The normalized spacial score (nSPS) is 10.5. The summed E-state index contributed by atoms with van der Waals surface area (Å²) >= 11 is 0. The molecule has 1 amide bonds. The van der Waals surface area contributed by atoms with Crippen molar-refractivity contribution in [1.82, 2.24) is 0 Å². The van der Waals surface area contributed by atoms with Crippen LogP contribution in [0.3, 0.4) is 0 Å². The zero-order valence-corrected chi connectivity index (χ0v) is 14.6. The lowest BCUT2D eigenvalue weighted by Gasteiger charge is -2.14. The van der Waals surface area contributed by atoms with E-state index in [1.807, 2.05) is 0 Å². The number of hydrogen-bond acceptors (Lipinski definition) is 4. The molecule has 5 nitrogen and oxygen atoms in total. The Labute approximate surface area is 150 Å². The number of halogens is 2. The summed E-state index contributed by atoms with van der Waals surface area (Å²) in [5, 5.41) is 2.56. The maximum Gasteiger partial charge on any atom is 0.387 e. The molecule has 0 aliphatic heterocycles. The Morgan fingerprint density at radius 3 is 2.58 bits per heavy atom. The smallest absolute Gasteiger partial charge is 0.387 e. The molecule has 140 valence electrons. The van der Waals surface area contributed by atoms with Gasteiger partial charge in [0.15, 0.2) is 11.5 Å². The minimum absolute atomic E-state index is 0.109. The van der Waals surface area contributed by atoms with Crippen molar-refractivity contribution in [2.45, 2.75) is 26.4 Å². The first kappa shape index (κ1) is 19.5. The Balaban J connectivity index is 2.15. The van der Waals surface area contributed by atoms with Gasteiger partial charge in [-0.3, -0.25) is 4.79 Å². The third kappa shape index (κ3) is 5.34. The summed E-state index contributed by atoms with van der Waals surface area (Å²) in [4.78, 5) is 12.4. The maximum atomic E-state index is 12.5. The zero-order chi connectivity index (χ0) is 18.9. The van der Waals surface area contributed by atoms with Gasteiger partial charge in [0.05, 0.1) is 19.4 Å². The van der Waals surface area contributed by atoms with E-state index in [0.717, 1.165) is 12.8 Å². The SMILES string of the molecule is CCCCOc1ccc(C(=O)Nc2ccccc2OC(F)F)cc1OC. The lowest BCUT2D eigenvalue weighted by atomic mass is 10.1. The van der Waals surface area contributed by atoms with E-state index in [1.165, 1.54) is 25.3 Å². The van der Waals surface area contributed by atoms with Crippen LogP contribution < -0.4 is 19.5 Å². The maximum absolute atomic E-state index is 12.5. The van der Waals surface area contributed by atoms with Crippen LogP contribution in [0.15, 0.2) is 42.5 Å². The fourth-order valence-corrected chi connectivity index (χ4v) is 2.22. The van der Waals surface area contributed by atoms with Crippen LogP contribution in [0.1, 0.15) is 30.1 Å². The van der Waals surface area contributed by atoms with E-state index in [0.29, 0.717) is 23.7 Å². The van der Waals surface area contributed by atoms with Gasteiger partial charge in [0, 0.05) is 5.56 Å². The van der Waals surface area contributed by atoms with Crippen molar-refractivity contribution in [2.75, 3.05) is 19.0 Å². The number of benzene rings is 2. The van der Waals surface area contributed by atoms with Gasteiger partial charge in [-0.1, -0.05) is 25.5 Å². The number of alkyl halides is 2. The van der Waals surface area contributed by atoms with Crippen molar-refractivity contribution < 1.29 is 27.8 Å². The molecule has 0 aliphatic carbocycles. The summed E-state index contributed by atoms with van der Waals surface area (Å²) in [5.41, 5.74) is 0.455. The highest BCUT2D eigenvalue weighted by Gasteiger charge is 2.15. The molecule has 0 heterocycles. The summed E-state index contributed by atoms with van der Waals surface area (Å²) in [5.74, 6) is 0.376. The second-order valence-electron chi connectivity index (χ2n) is 5.40. The molecule has 26 heavy (non-hydrogen) atoms. The summed E-state index contributed by atoms with van der Waals surface area (Å²) in [6.07, 6.45) is 1.91. The van der Waals surface area contributed by atoms with Gasteiger partial charge < -0.3 is 19.5 Å². The number of unbranched alkanes of at least 4 members (excludes halogenated alkanes) is 1. The van der Waals surface area contributed by atoms with E-state index in [1.54, 1.807) is 24.3 Å². The summed E-state index contributed by atoms with van der Waals surface area (Å²) < 4.78 is 40.2. The van der Waals surface area contributed by atoms with Crippen LogP contribution >= 0.6 is 0 Å². The molecule has 0 aliphatic rings. The molecule has 0 saturated carbocycles. The van der Waals surface area contributed by atoms with Crippen LogP contribution in [0.25, 0.3) is 0 Å². The number of carbonyl (C=O) groups is 1. The zero-order valence-electron chi connectivity index (χ0n) is 14.6. The Morgan fingerprint density at radius 1 is 1.12 bits per heavy atom. The van der Waals surface area contributed by atoms with Crippen LogP contribution in [-0.4, -0.2) is 26.2 Å². The van der Waals surface area contributed by atoms with Crippen molar-refractivity contribution in [3.8, 4) is 17.2 Å². The largest absolute Gasteiger partial charge is 0.493 e. The van der Waals surface area contributed by atoms with E-state index in [9.17, 15) is 13.6 Å². The average molecular weight is 365 g/mol. The molecule has 0 spiro atoms. The van der Waals surface area contributed by atoms with Crippen LogP contribution in [0.4, 0.5) is 14.5 Å². The summed E-state index contributed by atoms with van der Waals surface area (Å²) in [7, 11) is 1.48. The highest BCUT2D eigenvalue weighted by Crippen LogP contribution is 2.30. The Bertz CT molecular complexity index is 737. The third-order valence-corrected chi connectivity index (χ3v) is 3.53. The molecule has 2 aromatic rings. The fourth-order valence-electron chi connectivity index (χ4n) is 2.22. The number of amides is 1. The van der Waals surface area contributed by atoms with E-state index in [-0.39, 0.29) is 11.4 Å². The first-order valence-corrected chi connectivity index (χ1v) is 8.21. The lowest BCUT2D eigenvalue weighted by Crippen LogP contribution is -2.14. The monoisotopic (exact) mass is 365 g/mol. The van der Waals surface area contributed by atoms with Crippen molar-refractivity contribution in [1.29, 1.82) is 0 Å². The van der Waals surface area contributed by atoms with Crippen LogP contribution in [0.2, 0.25) is 0 Å².